The second-order valence-electron chi connectivity index (χ2n) is 5.45. The molecular weight excluding hydrogens is 172 g/mol. The maximum atomic E-state index is 4.58. The summed E-state index contributed by atoms with van der Waals surface area (Å²) in [5, 5.41) is 0. The molecule has 0 N–H and O–H groups in total. The average molecular weight is 192 g/mol. The minimum Gasteiger partial charge on any atom is -0.331 e. The van der Waals surface area contributed by atoms with Gasteiger partial charge in [0, 0.05) is 23.9 Å². The zero-order chi connectivity index (χ0) is 10.3. The van der Waals surface area contributed by atoms with Crippen molar-refractivity contribution in [1.82, 2.24) is 9.55 Å². The van der Waals surface area contributed by atoms with Gasteiger partial charge in [0.15, 0.2) is 0 Å². The molecule has 1 aliphatic heterocycles. The fraction of sp³-hybridized carbons (Fsp3) is 0.750. The Kier molecular flexibility index (Phi) is 2.17. The standard InChI is InChI=1S/C12H20N2/c1-9-6-5-7-14-10(9)8-13-11(14)12(2,3)4/h8-9H,5-7H2,1-4H3. The van der Waals surface area contributed by atoms with Gasteiger partial charge in [-0.1, -0.05) is 27.7 Å². The quantitative estimate of drug-likeness (QED) is 0.617. The highest BCUT2D eigenvalue weighted by Gasteiger charge is 2.26. The summed E-state index contributed by atoms with van der Waals surface area (Å²) in [7, 11) is 0. The van der Waals surface area contributed by atoms with Crippen LogP contribution in [0.4, 0.5) is 0 Å². The van der Waals surface area contributed by atoms with Crippen molar-refractivity contribution in [3.8, 4) is 0 Å². The molecule has 1 aliphatic rings. The van der Waals surface area contributed by atoms with Crippen molar-refractivity contribution in [2.75, 3.05) is 0 Å². The summed E-state index contributed by atoms with van der Waals surface area (Å²) in [6, 6.07) is 0. The lowest BCUT2D eigenvalue weighted by Crippen LogP contribution is -2.23. The van der Waals surface area contributed by atoms with E-state index in [0.717, 1.165) is 6.54 Å². The van der Waals surface area contributed by atoms with Crippen LogP contribution in [0, 0.1) is 0 Å². The van der Waals surface area contributed by atoms with Crippen LogP contribution in [0.2, 0.25) is 0 Å². The van der Waals surface area contributed by atoms with Gasteiger partial charge in [0.1, 0.15) is 5.82 Å². The number of aromatic nitrogens is 2. The first-order chi connectivity index (χ1) is 6.50. The van der Waals surface area contributed by atoms with E-state index in [2.05, 4.69) is 43.4 Å². The lowest BCUT2D eigenvalue weighted by atomic mass is 9.94. The molecule has 2 nitrogen and oxygen atoms in total. The van der Waals surface area contributed by atoms with Crippen molar-refractivity contribution in [3.63, 3.8) is 0 Å². The third-order valence-corrected chi connectivity index (χ3v) is 3.08. The molecule has 0 bridgehead atoms. The summed E-state index contributed by atoms with van der Waals surface area (Å²) < 4.78 is 2.42. The van der Waals surface area contributed by atoms with Gasteiger partial charge in [-0.15, -0.1) is 0 Å². The van der Waals surface area contributed by atoms with Gasteiger partial charge in [-0.2, -0.15) is 0 Å². The molecule has 2 rings (SSSR count). The Labute approximate surface area is 86.3 Å². The summed E-state index contributed by atoms with van der Waals surface area (Å²) in [6.45, 7) is 10.2. The second-order valence-corrected chi connectivity index (χ2v) is 5.45. The molecule has 0 radical (unpaired) electrons. The summed E-state index contributed by atoms with van der Waals surface area (Å²) in [4.78, 5) is 4.58. The van der Waals surface area contributed by atoms with E-state index in [1.165, 1.54) is 24.4 Å². The predicted molar refractivity (Wildman–Crippen MR) is 58.6 cm³/mol. The van der Waals surface area contributed by atoms with E-state index in [1.807, 2.05) is 0 Å². The van der Waals surface area contributed by atoms with Gasteiger partial charge in [-0.3, -0.25) is 0 Å². The van der Waals surface area contributed by atoms with Crippen molar-refractivity contribution in [3.05, 3.63) is 17.7 Å². The Hall–Kier alpha value is -0.790. The Balaban J connectivity index is 2.46. The van der Waals surface area contributed by atoms with Crippen LogP contribution in [0.15, 0.2) is 6.20 Å². The molecule has 2 heteroatoms. The molecule has 0 fully saturated rings. The lowest BCUT2D eigenvalue weighted by molar-refractivity contribution is 0.426. The van der Waals surface area contributed by atoms with Crippen molar-refractivity contribution >= 4 is 0 Å². The third kappa shape index (κ3) is 1.47. The molecule has 0 saturated carbocycles. The van der Waals surface area contributed by atoms with E-state index in [0.29, 0.717) is 5.92 Å². The summed E-state index contributed by atoms with van der Waals surface area (Å²) >= 11 is 0. The fourth-order valence-electron chi connectivity index (χ4n) is 2.32. The van der Waals surface area contributed by atoms with Gasteiger partial charge < -0.3 is 4.57 Å². The maximum absolute atomic E-state index is 4.58. The largest absolute Gasteiger partial charge is 0.331 e. The van der Waals surface area contributed by atoms with E-state index < -0.39 is 0 Å². The summed E-state index contributed by atoms with van der Waals surface area (Å²) in [5.41, 5.74) is 1.61. The van der Waals surface area contributed by atoms with E-state index in [-0.39, 0.29) is 5.41 Å². The first-order valence-electron chi connectivity index (χ1n) is 5.56. The van der Waals surface area contributed by atoms with Crippen LogP contribution in [0.1, 0.15) is 58.0 Å². The molecular formula is C12H20N2. The molecule has 1 aromatic rings. The summed E-state index contributed by atoms with van der Waals surface area (Å²) in [6.07, 6.45) is 4.69. The Morgan fingerprint density at radius 1 is 1.43 bits per heavy atom. The molecule has 1 aromatic heterocycles. The molecule has 78 valence electrons. The van der Waals surface area contributed by atoms with Crippen LogP contribution >= 0.6 is 0 Å². The van der Waals surface area contributed by atoms with Crippen LogP contribution < -0.4 is 0 Å². The first kappa shape index (κ1) is 9.75. The SMILES string of the molecule is CC1CCCn2c1cnc2C(C)(C)C. The van der Waals surface area contributed by atoms with Crippen molar-refractivity contribution in [2.24, 2.45) is 0 Å². The highest BCUT2D eigenvalue weighted by molar-refractivity contribution is 5.17. The topological polar surface area (TPSA) is 17.8 Å². The highest BCUT2D eigenvalue weighted by atomic mass is 15.1. The molecule has 0 saturated heterocycles. The number of fused-ring (bicyclic) bond motifs is 1. The highest BCUT2D eigenvalue weighted by Crippen LogP contribution is 2.31. The zero-order valence-corrected chi connectivity index (χ0v) is 9.67. The van der Waals surface area contributed by atoms with Crippen LogP contribution in [0.5, 0.6) is 0 Å². The number of rotatable bonds is 0. The van der Waals surface area contributed by atoms with Crippen LogP contribution in [0.25, 0.3) is 0 Å². The second kappa shape index (κ2) is 3.11. The molecule has 0 amide bonds. The van der Waals surface area contributed by atoms with Gasteiger partial charge >= 0.3 is 0 Å². The Morgan fingerprint density at radius 2 is 2.14 bits per heavy atom. The van der Waals surface area contributed by atoms with Gasteiger partial charge in [-0.25, -0.2) is 4.98 Å². The molecule has 0 aromatic carbocycles. The van der Waals surface area contributed by atoms with E-state index in [9.17, 15) is 0 Å². The molecule has 1 atom stereocenters. The van der Waals surface area contributed by atoms with E-state index >= 15 is 0 Å². The fourth-order valence-corrected chi connectivity index (χ4v) is 2.32. The third-order valence-electron chi connectivity index (χ3n) is 3.08. The number of hydrogen-bond donors (Lipinski definition) is 0. The number of imidazole rings is 1. The van der Waals surface area contributed by atoms with E-state index in [1.54, 1.807) is 0 Å². The first-order valence-corrected chi connectivity index (χ1v) is 5.56. The molecule has 0 aliphatic carbocycles. The monoisotopic (exact) mass is 192 g/mol. The van der Waals surface area contributed by atoms with Gasteiger partial charge in [0.2, 0.25) is 0 Å². The number of hydrogen-bond acceptors (Lipinski definition) is 1. The normalized spacial score (nSPS) is 22.1. The average Bonchev–Trinajstić information content (AvgIpc) is 2.47. The van der Waals surface area contributed by atoms with Gasteiger partial charge in [-0.05, 0) is 18.8 Å². The van der Waals surface area contributed by atoms with Crippen LogP contribution in [0.3, 0.4) is 0 Å². The minimum atomic E-state index is 0.176. The smallest absolute Gasteiger partial charge is 0.114 e. The Morgan fingerprint density at radius 3 is 2.79 bits per heavy atom. The van der Waals surface area contributed by atoms with Gasteiger partial charge in [0.25, 0.3) is 0 Å². The number of nitrogens with zero attached hydrogens (tertiary/aromatic N) is 2. The van der Waals surface area contributed by atoms with Crippen molar-refractivity contribution in [2.45, 2.75) is 58.4 Å². The lowest BCUT2D eigenvalue weighted by Gasteiger charge is -2.26. The zero-order valence-electron chi connectivity index (χ0n) is 9.67. The Bertz CT molecular complexity index is 331. The molecule has 0 spiro atoms. The summed E-state index contributed by atoms with van der Waals surface area (Å²) in [5.74, 6) is 1.94. The van der Waals surface area contributed by atoms with Crippen molar-refractivity contribution in [1.29, 1.82) is 0 Å². The molecule has 1 unspecified atom stereocenters. The minimum absolute atomic E-state index is 0.176. The molecule has 14 heavy (non-hydrogen) atoms. The van der Waals surface area contributed by atoms with Crippen LogP contribution in [-0.2, 0) is 12.0 Å². The predicted octanol–water partition coefficient (Wildman–Crippen LogP) is 3.08. The maximum Gasteiger partial charge on any atom is 0.114 e. The molecule has 2 heterocycles. The van der Waals surface area contributed by atoms with Crippen molar-refractivity contribution < 1.29 is 0 Å². The van der Waals surface area contributed by atoms with Gasteiger partial charge in [0.05, 0.1) is 0 Å². The van der Waals surface area contributed by atoms with E-state index in [4.69, 9.17) is 0 Å². The van der Waals surface area contributed by atoms with Crippen LogP contribution in [-0.4, -0.2) is 9.55 Å².